The number of ether oxygens (including phenoxy) is 1. The maximum atomic E-state index is 6.20. The van der Waals surface area contributed by atoms with Crippen LogP contribution in [0.1, 0.15) is 16.7 Å². The Bertz CT molecular complexity index is 939. The molecule has 27 heavy (non-hydrogen) atoms. The summed E-state index contributed by atoms with van der Waals surface area (Å²) in [4.78, 5) is 0. The molecule has 0 radical (unpaired) electrons. The summed E-state index contributed by atoms with van der Waals surface area (Å²) in [5.41, 5.74) is 4.40. The van der Waals surface area contributed by atoms with Crippen LogP contribution >= 0.6 is 59.4 Å². The van der Waals surface area contributed by atoms with Crippen LogP contribution in [0.25, 0.3) is 0 Å². The van der Waals surface area contributed by atoms with Gasteiger partial charge in [0, 0.05) is 27.3 Å². The Balaban J connectivity index is 1.70. The lowest BCUT2D eigenvalue weighted by molar-refractivity contribution is 0.302. The monoisotopic (exact) mass is 571 g/mol. The highest BCUT2D eigenvalue weighted by Crippen LogP contribution is 2.36. The second-order valence-corrected chi connectivity index (χ2v) is 9.11. The number of nitrogens with one attached hydrogen (secondary N) is 1. The third kappa shape index (κ3) is 5.50. The Kier molecular flexibility index (Phi) is 7.26. The first-order chi connectivity index (χ1) is 12.9. The standard InChI is InChI=1S/C21H17Br3ClNO/c1-13-8-16(22)6-7-20(13)26-11-14-9-17(23)21(18(24)10-14)27-12-15-4-2-3-5-19(15)25/h2-10,26H,11-12H2,1H3. The molecule has 1 N–H and O–H groups in total. The first-order valence-corrected chi connectivity index (χ1v) is 11.0. The van der Waals surface area contributed by atoms with Gasteiger partial charge in [0.25, 0.3) is 0 Å². The minimum atomic E-state index is 0.409. The van der Waals surface area contributed by atoms with E-state index in [-0.39, 0.29) is 0 Å². The quantitative estimate of drug-likeness (QED) is 0.321. The fourth-order valence-corrected chi connectivity index (χ4v) is 4.82. The van der Waals surface area contributed by atoms with Gasteiger partial charge in [-0.15, -0.1) is 0 Å². The van der Waals surface area contributed by atoms with E-state index in [2.05, 4.69) is 84.3 Å². The largest absolute Gasteiger partial charge is 0.486 e. The second-order valence-electron chi connectivity index (χ2n) is 6.08. The number of benzene rings is 3. The van der Waals surface area contributed by atoms with Gasteiger partial charge < -0.3 is 10.1 Å². The van der Waals surface area contributed by atoms with Crippen molar-refractivity contribution in [1.82, 2.24) is 0 Å². The van der Waals surface area contributed by atoms with Crippen LogP contribution in [0.15, 0.2) is 68.0 Å². The molecule has 0 aliphatic carbocycles. The maximum Gasteiger partial charge on any atom is 0.148 e. The molecule has 0 bridgehead atoms. The van der Waals surface area contributed by atoms with Crippen molar-refractivity contribution >= 4 is 65.1 Å². The van der Waals surface area contributed by atoms with Gasteiger partial charge >= 0.3 is 0 Å². The van der Waals surface area contributed by atoms with Crippen LogP contribution in [0, 0.1) is 6.92 Å². The zero-order valence-electron chi connectivity index (χ0n) is 14.5. The van der Waals surface area contributed by atoms with Crippen molar-refractivity contribution in [2.45, 2.75) is 20.1 Å². The fourth-order valence-electron chi connectivity index (χ4n) is 2.64. The van der Waals surface area contributed by atoms with E-state index in [1.54, 1.807) is 0 Å². The highest BCUT2D eigenvalue weighted by molar-refractivity contribution is 9.11. The number of halogens is 4. The fraction of sp³-hybridized carbons (Fsp3) is 0.143. The third-order valence-corrected chi connectivity index (χ3v) is 6.10. The minimum absolute atomic E-state index is 0.409. The number of rotatable bonds is 6. The summed E-state index contributed by atoms with van der Waals surface area (Å²) >= 11 is 16.9. The number of hydrogen-bond acceptors (Lipinski definition) is 2. The molecule has 6 heteroatoms. The smallest absolute Gasteiger partial charge is 0.148 e. The van der Waals surface area contributed by atoms with Crippen LogP contribution in [-0.2, 0) is 13.2 Å². The van der Waals surface area contributed by atoms with E-state index in [1.807, 2.05) is 30.3 Å². The Morgan fingerprint density at radius 2 is 1.67 bits per heavy atom. The molecular weight excluding hydrogens is 557 g/mol. The van der Waals surface area contributed by atoms with E-state index in [0.29, 0.717) is 18.2 Å². The molecule has 0 spiro atoms. The van der Waals surface area contributed by atoms with Gasteiger partial charge in [-0.25, -0.2) is 0 Å². The Hall–Kier alpha value is -1.01. The molecular formula is C21H17Br3ClNO. The number of anilines is 1. The average molecular weight is 575 g/mol. The normalized spacial score (nSPS) is 10.7. The van der Waals surface area contributed by atoms with Crippen molar-refractivity contribution in [2.24, 2.45) is 0 Å². The van der Waals surface area contributed by atoms with Gasteiger partial charge in [0.1, 0.15) is 12.4 Å². The van der Waals surface area contributed by atoms with Crippen LogP contribution in [0.5, 0.6) is 5.75 Å². The molecule has 0 unspecified atom stereocenters. The van der Waals surface area contributed by atoms with Crippen molar-refractivity contribution in [3.8, 4) is 5.75 Å². The number of aryl methyl sites for hydroxylation is 1. The molecule has 0 saturated carbocycles. The Labute approximate surface area is 189 Å². The van der Waals surface area contributed by atoms with E-state index >= 15 is 0 Å². The predicted octanol–water partition coefficient (Wildman–Crippen LogP) is 8.13. The van der Waals surface area contributed by atoms with E-state index in [1.165, 1.54) is 5.56 Å². The lowest BCUT2D eigenvalue weighted by Crippen LogP contribution is -2.03. The van der Waals surface area contributed by atoms with Crippen LogP contribution in [0.2, 0.25) is 5.02 Å². The molecule has 0 amide bonds. The SMILES string of the molecule is Cc1cc(Br)ccc1NCc1cc(Br)c(OCc2ccccc2Cl)c(Br)c1. The first kappa shape index (κ1) is 20.7. The van der Waals surface area contributed by atoms with E-state index in [4.69, 9.17) is 16.3 Å². The molecule has 3 rings (SSSR count). The van der Waals surface area contributed by atoms with Gasteiger partial charge in [-0.05, 0) is 86.3 Å². The summed E-state index contributed by atoms with van der Waals surface area (Å²) < 4.78 is 8.85. The molecule has 0 fully saturated rings. The molecule has 0 heterocycles. The van der Waals surface area contributed by atoms with Crippen molar-refractivity contribution in [1.29, 1.82) is 0 Å². The summed E-state index contributed by atoms with van der Waals surface area (Å²) in [7, 11) is 0. The van der Waals surface area contributed by atoms with Crippen LogP contribution in [0.4, 0.5) is 5.69 Å². The zero-order valence-corrected chi connectivity index (χ0v) is 20.0. The summed E-state index contributed by atoms with van der Waals surface area (Å²) in [6, 6.07) is 18.0. The predicted molar refractivity (Wildman–Crippen MR) is 124 cm³/mol. The lowest BCUT2D eigenvalue weighted by atomic mass is 10.1. The molecule has 3 aromatic carbocycles. The summed E-state index contributed by atoms with van der Waals surface area (Å²) in [5, 5.41) is 4.18. The molecule has 0 atom stereocenters. The maximum absolute atomic E-state index is 6.20. The lowest BCUT2D eigenvalue weighted by Gasteiger charge is -2.14. The van der Waals surface area contributed by atoms with E-state index in [9.17, 15) is 0 Å². The molecule has 3 aromatic rings. The Morgan fingerprint density at radius 1 is 0.963 bits per heavy atom. The molecule has 0 aromatic heterocycles. The first-order valence-electron chi connectivity index (χ1n) is 8.28. The highest BCUT2D eigenvalue weighted by Gasteiger charge is 2.11. The van der Waals surface area contributed by atoms with E-state index in [0.717, 1.165) is 36.0 Å². The molecule has 0 aliphatic rings. The van der Waals surface area contributed by atoms with Crippen LogP contribution < -0.4 is 10.1 Å². The summed E-state index contributed by atoms with van der Waals surface area (Å²) in [6.07, 6.45) is 0. The Morgan fingerprint density at radius 3 is 2.33 bits per heavy atom. The van der Waals surface area contributed by atoms with Crippen molar-refractivity contribution in [3.05, 3.63) is 89.7 Å². The summed E-state index contributed by atoms with van der Waals surface area (Å²) in [6.45, 7) is 3.21. The molecule has 140 valence electrons. The van der Waals surface area contributed by atoms with Gasteiger partial charge in [-0.3, -0.25) is 0 Å². The minimum Gasteiger partial charge on any atom is -0.486 e. The van der Waals surface area contributed by atoms with Crippen LogP contribution in [-0.4, -0.2) is 0 Å². The van der Waals surface area contributed by atoms with Crippen molar-refractivity contribution in [2.75, 3.05) is 5.32 Å². The molecule has 0 aliphatic heterocycles. The summed E-state index contributed by atoms with van der Waals surface area (Å²) in [5.74, 6) is 0.762. The van der Waals surface area contributed by atoms with Gasteiger partial charge in [-0.1, -0.05) is 45.7 Å². The van der Waals surface area contributed by atoms with Gasteiger partial charge in [0.05, 0.1) is 8.95 Å². The zero-order chi connectivity index (χ0) is 19.4. The topological polar surface area (TPSA) is 21.3 Å². The van der Waals surface area contributed by atoms with Gasteiger partial charge in [-0.2, -0.15) is 0 Å². The molecule has 2 nitrogen and oxygen atoms in total. The van der Waals surface area contributed by atoms with Crippen molar-refractivity contribution < 1.29 is 4.74 Å². The van der Waals surface area contributed by atoms with E-state index < -0.39 is 0 Å². The second kappa shape index (κ2) is 9.46. The van der Waals surface area contributed by atoms with Gasteiger partial charge in [0.2, 0.25) is 0 Å². The number of hydrogen-bond donors (Lipinski definition) is 1. The average Bonchev–Trinajstić information content (AvgIpc) is 2.61. The highest BCUT2D eigenvalue weighted by atomic mass is 79.9. The molecule has 0 saturated heterocycles. The van der Waals surface area contributed by atoms with Gasteiger partial charge in [0.15, 0.2) is 0 Å². The van der Waals surface area contributed by atoms with Crippen molar-refractivity contribution in [3.63, 3.8) is 0 Å². The third-order valence-electron chi connectivity index (χ3n) is 4.06. The van der Waals surface area contributed by atoms with Crippen LogP contribution in [0.3, 0.4) is 0 Å².